The molecular formula is C28H33BN5O2P. The summed E-state index contributed by atoms with van der Waals surface area (Å²) in [7, 11) is 4.87. The van der Waals surface area contributed by atoms with Gasteiger partial charge in [-0.25, -0.2) is 9.97 Å². The summed E-state index contributed by atoms with van der Waals surface area (Å²) in [6.45, 7) is 9.04. The fourth-order valence-electron chi connectivity index (χ4n) is 4.24. The summed E-state index contributed by atoms with van der Waals surface area (Å²) in [5.74, 6) is 1.45. The summed E-state index contributed by atoms with van der Waals surface area (Å²) in [5.41, 5.74) is 6.32. The van der Waals surface area contributed by atoms with Crippen LogP contribution in [0.25, 0.3) is 16.9 Å². The predicted molar refractivity (Wildman–Crippen MR) is 158 cm³/mol. The maximum Gasteiger partial charge on any atom is 0.251 e. The van der Waals surface area contributed by atoms with Crippen LogP contribution in [0.2, 0.25) is 0 Å². The van der Waals surface area contributed by atoms with Gasteiger partial charge in [0.15, 0.2) is 11.5 Å². The van der Waals surface area contributed by atoms with Crippen molar-refractivity contribution in [3.63, 3.8) is 0 Å². The Kier molecular flexibility index (Phi) is 8.62. The maximum atomic E-state index is 12.6. The smallest absolute Gasteiger partial charge is 0.251 e. The average molecular weight is 513 g/mol. The Hall–Kier alpha value is -3.64. The zero-order chi connectivity index (χ0) is 26.4. The van der Waals surface area contributed by atoms with Gasteiger partial charge in [-0.05, 0) is 59.5 Å². The Labute approximate surface area is 221 Å². The topological polar surface area (TPSA) is 80.5 Å². The van der Waals surface area contributed by atoms with Crippen LogP contribution in [0.5, 0.6) is 5.75 Å². The second-order valence-electron chi connectivity index (χ2n) is 8.82. The van der Waals surface area contributed by atoms with Gasteiger partial charge in [0.2, 0.25) is 0 Å². The highest BCUT2D eigenvalue weighted by Gasteiger charge is 2.16. The number of aromatic nitrogens is 3. The number of fused-ring (bicyclic) bond motifs is 1. The Morgan fingerprint density at radius 1 is 1.24 bits per heavy atom. The van der Waals surface area contributed by atoms with Gasteiger partial charge >= 0.3 is 0 Å². The molecular weight excluding hydrogens is 480 g/mol. The van der Waals surface area contributed by atoms with Crippen LogP contribution in [0.1, 0.15) is 42.6 Å². The van der Waals surface area contributed by atoms with Crippen molar-refractivity contribution in [2.24, 2.45) is 0 Å². The molecule has 7 nitrogen and oxygen atoms in total. The minimum atomic E-state index is -0.0283. The molecule has 190 valence electrons. The van der Waals surface area contributed by atoms with Crippen molar-refractivity contribution in [2.45, 2.75) is 33.1 Å². The van der Waals surface area contributed by atoms with E-state index in [4.69, 9.17) is 4.74 Å². The summed E-state index contributed by atoms with van der Waals surface area (Å²) in [4.78, 5) is 21.9. The number of carbonyl (C=O) groups is 1. The van der Waals surface area contributed by atoms with E-state index in [9.17, 15) is 4.79 Å². The molecule has 0 aliphatic rings. The van der Waals surface area contributed by atoms with E-state index < -0.39 is 0 Å². The standard InChI is InChI=1S/C28H33BN5O2P/c1-4-7-12-31-28(35)20-9-8-19(16-18(20)6-3)33-26-27-32-17-22(34(27)14-13-30-26)21-10-11-23(36-15-5-2)24(29)25(21)37/h5,8-11,13-14,16-17H,2,4,6-7,12,15,29,37H2,1,3H3,(H,30,33)(H,31,35). The number of carbonyl (C=O) groups excluding carboxylic acids is 1. The van der Waals surface area contributed by atoms with Crippen molar-refractivity contribution >= 4 is 50.9 Å². The maximum absolute atomic E-state index is 12.6. The van der Waals surface area contributed by atoms with E-state index in [0.717, 1.165) is 58.3 Å². The van der Waals surface area contributed by atoms with Crippen molar-refractivity contribution in [2.75, 3.05) is 18.5 Å². The lowest BCUT2D eigenvalue weighted by molar-refractivity contribution is 0.0952. The second-order valence-corrected chi connectivity index (χ2v) is 9.40. The summed E-state index contributed by atoms with van der Waals surface area (Å²) >= 11 is 0. The fourth-order valence-corrected chi connectivity index (χ4v) is 4.63. The zero-order valence-electron chi connectivity index (χ0n) is 21.7. The molecule has 0 aliphatic heterocycles. The number of imidazole rings is 1. The predicted octanol–water partition coefficient (Wildman–Crippen LogP) is 3.56. The third-order valence-electron chi connectivity index (χ3n) is 6.34. The van der Waals surface area contributed by atoms with E-state index in [2.05, 4.69) is 50.3 Å². The molecule has 2 N–H and O–H groups in total. The van der Waals surface area contributed by atoms with Crippen LogP contribution >= 0.6 is 9.24 Å². The van der Waals surface area contributed by atoms with Gasteiger partial charge in [0, 0.05) is 35.8 Å². The van der Waals surface area contributed by atoms with Crippen LogP contribution in [-0.2, 0) is 6.42 Å². The number of nitrogens with zero attached hydrogens (tertiary/aromatic N) is 3. The van der Waals surface area contributed by atoms with Crippen LogP contribution < -0.4 is 26.1 Å². The molecule has 0 saturated carbocycles. The molecule has 9 heteroatoms. The fraction of sp³-hybridized carbons (Fsp3) is 0.250. The lowest BCUT2D eigenvalue weighted by Crippen LogP contribution is -2.25. The molecule has 1 amide bonds. The van der Waals surface area contributed by atoms with E-state index in [1.54, 1.807) is 12.3 Å². The van der Waals surface area contributed by atoms with Crippen molar-refractivity contribution in [1.82, 2.24) is 19.7 Å². The minimum absolute atomic E-state index is 0.0283. The first-order valence-corrected chi connectivity index (χ1v) is 13.2. The van der Waals surface area contributed by atoms with Gasteiger partial charge in [0.05, 0.1) is 11.9 Å². The lowest BCUT2D eigenvalue weighted by atomic mass is 9.92. The van der Waals surface area contributed by atoms with Crippen LogP contribution in [0.3, 0.4) is 0 Å². The molecule has 1 atom stereocenters. The van der Waals surface area contributed by atoms with Crippen molar-refractivity contribution in [1.29, 1.82) is 0 Å². The number of unbranched alkanes of at least 4 members (excludes halogenated alkanes) is 1. The average Bonchev–Trinajstić information content (AvgIpc) is 3.34. The van der Waals surface area contributed by atoms with Gasteiger partial charge in [0.25, 0.3) is 5.91 Å². The van der Waals surface area contributed by atoms with E-state index >= 15 is 0 Å². The number of amides is 1. The highest BCUT2D eigenvalue weighted by atomic mass is 31.0. The molecule has 37 heavy (non-hydrogen) atoms. The third-order valence-corrected chi connectivity index (χ3v) is 7.08. The number of anilines is 2. The number of rotatable bonds is 11. The quantitative estimate of drug-likeness (QED) is 0.139. The molecule has 4 aromatic rings. The Morgan fingerprint density at radius 2 is 2.08 bits per heavy atom. The number of ether oxygens (including phenoxy) is 1. The lowest BCUT2D eigenvalue weighted by Gasteiger charge is -2.14. The summed E-state index contributed by atoms with van der Waals surface area (Å²) < 4.78 is 7.81. The van der Waals surface area contributed by atoms with Crippen LogP contribution in [0.15, 0.2) is 61.6 Å². The number of nitrogens with one attached hydrogen (secondary N) is 2. The highest BCUT2D eigenvalue weighted by molar-refractivity contribution is 7.29. The summed E-state index contributed by atoms with van der Waals surface area (Å²) in [6.07, 6.45) is 10.0. The molecule has 0 saturated heterocycles. The van der Waals surface area contributed by atoms with E-state index in [-0.39, 0.29) is 5.91 Å². The third kappa shape index (κ3) is 5.70. The van der Waals surface area contributed by atoms with Gasteiger partial charge in [0.1, 0.15) is 20.2 Å². The highest BCUT2D eigenvalue weighted by Crippen LogP contribution is 2.27. The van der Waals surface area contributed by atoms with Gasteiger partial charge < -0.3 is 15.4 Å². The molecule has 0 fully saturated rings. The first-order chi connectivity index (χ1) is 18.0. The van der Waals surface area contributed by atoms with Crippen molar-refractivity contribution < 1.29 is 9.53 Å². The first-order valence-electron chi connectivity index (χ1n) is 12.6. The number of benzene rings is 2. The van der Waals surface area contributed by atoms with E-state index in [1.807, 2.05) is 55.0 Å². The minimum Gasteiger partial charge on any atom is -0.490 e. The normalized spacial score (nSPS) is 10.9. The summed E-state index contributed by atoms with van der Waals surface area (Å²) in [6, 6.07) is 9.82. The summed E-state index contributed by atoms with van der Waals surface area (Å²) in [5, 5.41) is 7.46. The number of hydrogen-bond acceptors (Lipinski definition) is 5. The van der Waals surface area contributed by atoms with Gasteiger partial charge in [-0.2, -0.15) is 0 Å². The van der Waals surface area contributed by atoms with Gasteiger partial charge in [-0.1, -0.05) is 32.9 Å². The van der Waals surface area contributed by atoms with Gasteiger partial charge in [-0.3, -0.25) is 9.20 Å². The number of aryl methyl sites for hydroxylation is 1. The molecule has 2 aromatic heterocycles. The zero-order valence-corrected chi connectivity index (χ0v) is 22.8. The Morgan fingerprint density at radius 3 is 2.84 bits per heavy atom. The molecule has 0 aliphatic carbocycles. The van der Waals surface area contributed by atoms with E-state index in [1.165, 1.54) is 0 Å². The monoisotopic (exact) mass is 513 g/mol. The second kappa shape index (κ2) is 12.1. The Balaban J connectivity index is 1.63. The number of hydrogen-bond donors (Lipinski definition) is 2. The molecule has 0 spiro atoms. The van der Waals surface area contributed by atoms with Crippen LogP contribution in [0.4, 0.5) is 11.5 Å². The SMILES string of the molecule is Bc1c(OCC=C)ccc(-c2cnc3c(Nc4ccc(C(=O)NCCCC)c(CC)c4)nccn23)c1P. The van der Waals surface area contributed by atoms with E-state index in [0.29, 0.717) is 30.2 Å². The molecule has 0 bridgehead atoms. The van der Waals surface area contributed by atoms with Crippen molar-refractivity contribution in [3.8, 4) is 17.0 Å². The van der Waals surface area contributed by atoms with Crippen LogP contribution in [-0.4, -0.2) is 41.3 Å². The first kappa shape index (κ1) is 26.4. The van der Waals surface area contributed by atoms with Gasteiger partial charge in [-0.15, -0.1) is 9.24 Å². The largest absolute Gasteiger partial charge is 0.490 e. The molecule has 0 radical (unpaired) electrons. The van der Waals surface area contributed by atoms with Crippen molar-refractivity contribution in [3.05, 3.63) is 72.7 Å². The molecule has 2 heterocycles. The molecule has 4 rings (SSSR count). The molecule has 2 aromatic carbocycles. The van der Waals surface area contributed by atoms with Crippen LogP contribution in [0, 0.1) is 0 Å². The Bertz CT molecular complexity index is 1440. The molecule has 1 unspecified atom stereocenters.